The second-order valence-corrected chi connectivity index (χ2v) is 5.21. The van der Waals surface area contributed by atoms with Crippen LogP contribution < -0.4 is 16.4 Å². The zero-order valence-corrected chi connectivity index (χ0v) is 13.1. The largest absolute Gasteiger partial charge is 0.467 e. The number of furan rings is 1. The SMILES string of the molecule is CN(C)C(=O)Nc1cccc(CNC(=O)c2coc(CN)c2)c1. The lowest BCUT2D eigenvalue weighted by Crippen LogP contribution is -2.27. The molecule has 0 aliphatic rings. The third kappa shape index (κ3) is 4.58. The van der Waals surface area contributed by atoms with Crippen molar-refractivity contribution in [2.75, 3.05) is 19.4 Å². The summed E-state index contributed by atoms with van der Waals surface area (Å²) in [6.07, 6.45) is 1.38. The number of rotatable bonds is 5. The molecular formula is C16H20N4O3. The normalized spacial score (nSPS) is 10.2. The highest BCUT2D eigenvalue weighted by atomic mass is 16.3. The molecule has 1 heterocycles. The lowest BCUT2D eigenvalue weighted by Gasteiger charge is -2.12. The van der Waals surface area contributed by atoms with Crippen molar-refractivity contribution in [1.29, 1.82) is 0 Å². The summed E-state index contributed by atoms with van der Waals surface area (Å²) in [5, 5.41) is 5.55. The van der Waals surface area contributed by atoms with Crippen LogP contribution in [0.25, 0.3) is 0 Å². The molecule has 0 saturated carbocycles. The monoisotopic (exact) mass is 316 g/mol. The lowest BCUT2D eigenvalue weighted by atomic mass is 10.2. The minimum Gasteiger partial charge on any atom is -0.467 e. The van der Waals surface area contributed by atoms with Gasteiger partial charge in [-0.15, -0.1) is 0 Å². The Bertz CT molecular complexity index is 694. The topological polar surface area (TPSA) is 101 Å². The maximum Gasteiger partial charge on any atom is 0.321 e. The number of nitrogens with two attached hydrogens (primary N) is 1. The third-order valence-corrected chi connectivity index (χ3v) is 3.15. The Morgan fingerprint density at radius 1 is 1.26 bits per heavy atom. The van der Waals surface area contributed by atoms with E-state index in [1.54, 1.807) is 26.2 Å². The highest BCUT2D eigenvalue weighted by Crippen LogP contribution is 2.12. The van der Waals surface area contributed by atoms with Gasteiger partial charge >= 0.3 is 6.03 Å². The van der Waals surface area contributed by atoms with Crippen LogP contribution in [0.4, 0.5) is 10.5 Å². The van der Waals surface area contributed by atoms with E-state index in [1.807, 2.05) is 18.2 Å². The van der Waals surface area contributed by atoms with Gasteiger partial charge in [0.05, 0.1) is 12.1 Å². The summed E-state index contributed by atoms with van der Waals surface area (Å²) in [6, 6.07) is 8.68. The van der Waals surface area contributed by atoms with E-state index in [2.05, 4.69) is 10.6 Å². The summed E-state index contributed by atoms with van der Waals surface area (Å²) in [5.41, 5.74) is 7.42. The van der Waals surface area contributed by atoms with Crippen LogP contribution in [0, 0.1) is 0 Å². The summed E-state index contributed by atoms with van der Waals surface area (Å²) < 4.78 is 5.13. The van der Waals surface area contributed by atoms with Gasteiger partial charge in [0.15, 0.2) is 0 Å². The molecule has 0 radical (unpaired) electrons. The van der Waals surface area contributed by atoms with Gasteiger partial charge in [-0.05, 0) is 23.8 Å². The lowest BCUT2D eigenvalue weighted by molar-refractivity contribution is 0.0950. The van der Waals surface area contributed by atoms with Crippen LogP contribution in [0.3, 0.4) is 0 Å². The average Bonchev–Trinajstić information content (AvgIpc) is 3.02. The molecule has 0 bridgehead atoms. The number of hydrogen-bond acceptors (Lipinski definition) is 4. The summed E-state index contributed by atoms with van der Waals surface area (Å²) in [5.74, 6) is 0.319. The van der Waals surface area contributed by atoms with E-state index in [0.29, 0.717) is 23.6 Å². The fourth-order valence-corrected chi connectivity index (χ4v) is 1.89. The van der Waals surface area contributed by atoms with E-state index in [0.717, 1.165) is 5.56 Å². The smallest absolute Gasteiger partial charge is 0.321 e. The molecule has 0 fully saturated rings. The van der Waals surface area contributed by atoms with Crippen molar-refractivity contribution < 1.29 is 14.0 Å². The fraction of sp³-hybridized carbons (Fsp3) is 0.250. The van der Waals surface area contributed by atoms with E-state index in [-0.39, 0.29) is 18.5 Å². The maximum absolute atomic E-state index is 12.0. The number of carbonyl (C=O) groups excluding carboxylic acids is 2. The number of urea groups is 1. The molecule has 7 heteroatoms. The van der Waals surface area contributed by atoms with Gasteiger partial charge in [0.2, 0.25) is 0 Å². The highest BCUT2D eigenvalue weighted by molar-refractivity contribution is 5.94. The second kappa shape index (κ2) is 7.46. The summed E-state index contributed by atoms with van der Waals surface area (Å²) in [4.78, 5) is 25.1. The minimum absolute atomic E-state index is 0.209. The first-order chi connectivity index (χ1) is 11.0. The Morgan fingerprint density at radius 2 is 2.04 bits per heavy atom. The molecule has 0 atom stereocenters. The van der Waals surface area contributed by atoms with Crippen molar-refractivity contribution in [3.8, 4) is 0 Å². The standard InChI is InChI=1S/C16H20N4O3/c1-20(2)16(22)19-13-5-3-4-11(6-13)9-18-15(21)12-7-14(8-17)23-10-12/h3-7,10H,8-9,17H2,1-2H3,(H,18,21)(H,19,22). The molecule has 0 unspecified atom stereocenters. The van der Waals surface area contributed by atoms with Gasteiger partial charge in [0.1, 0.15) is 12.0 Å². The van der Waals surface area contributed by atoms with Crippen molar-refractivity contribution in [2.45, 2.75) is 13.1 Å². The van der Waals surface area contributed by atoms with Crippen LogP contribution in [-0.4, -0.2) is 30.9 Å². The van der Waals surface area contributed by atoms with Gasteiger partial charge in [-0.3, -0.25) is 4.79 Å². The first kappa shape index (κ1) is 16.6. The summed E-state index contributed by atoms with van der Waals surface area (Å²) in [7, 11) is 3.33. The number of nitrogens with one attached hydrogen (secondary N) is 2. The Kier molecular flexibility index (Phi) is 5.37. The summed E-state index contributed by atoms with van der Waals surface area (Å²) in [6.45, 7) is 0.592. The summed E-state index contributed by atoms with van der Waals surface area (Å²) >= 11 is 0. The molecule has 2 aromatic rings. The molecule has 7 nitrogen and oxygen atoms in total. The van der Waals surface area contributed by atoms with E-state index < -0.39 is 0 Å². The van der Waals surface area contributed by atoms with E-state index in [4.69, 9.17) is 10.2 Å². The quantitative estimate of drug-likeness (QED) is 0.782. The first-order valence-corrected chi connectivity index (χ1v) is 7.12. The van der Waals surface area contributed by atoms with Crippen LogP contribution in [0.2, 0.25) is 0 Å². The average molecular weight is 316 g/mol. The molecular weight excluding hydrogens is 296 g/mol. The van der Waals surface area contributed by atoms with Crippen molar-refractivity contribution in [1.82, 2.24) is 10.2 Å². The molecule has 2 rings (SSSR count). The Labute approximate surface area is 134 Å². The molecule has 3 amide bonds. The molecule has 0 saturated heterocycles. The first-order valence-electron chi connectivity index (χ1n) is 7.12. The van der Waals surface area contributed by atoms with Gasteiger partial charge in [-0.1, -0.05) is 12.1 Å². The van der Waals surface area contributed by atoms with Crippen LogP contribution in [0.5, 0.6) is 0 Å². The molecule has 23 heavy (non-hydrogen) atoms. The van der Waals surface area contributed by atoms with E-state index in [9.17, 15) is 9.59 Å². The second-order valence-electron chi connectivity index (χ2n) is 5.21. The van der Waals surface area contributed by atoms with Crippen molar-refractivity contribution >= 4 is 17.6 Å². The number of carbonyl (C=O) groups is 2. The van der Waals surface area contributed by atoms with Gasteiger partial charge in [-0.25, -0.2) is 4.79 Å². The van der Waals surface area contributed by atoms with E-state index >= 15 is 0 Å². The van der Waals surface area contributed by atoms with Gasteiger partial charge in [0, 0.05) is 26.3 Å². The number of anilines is 1. The highest BCUT2D eigenvalue weighted by Gasteiger charge is 2.10. The third-order valence-electron chi connectivity index (χ3n) is 3.15. The minimum atomic E-state index is -0.240. The predicted octanol–water partition coefficient (Wildman–Crippen LogP) is 1.76. The number of benzene rings is 1. The van der Waals surface area contributed by atoms with Crippen LogP contribution in [0.1, 0.15) is 21.7 Å². The molecule has 0 spiro atoms. The van der Waals surface area contributed by atoms with Gasteiger partial charge in [-0.2, -0.15) is 0 Å². The number of nitrogens with zero attached hydrogens (tertiary/aromatic N) is 1. The molecule has 122 valence electrons. The van der Waals surface area contributed by atoms with Crippen LogP contribution >= 0.6 is 0 Å². The fourth-order valence-electron chi connectivity index (χ4n) is 1.89. The van der Waals surface area contributed by atoms with E-state index in [1.165, 1.54) is 11.2 Å². The Morgan fingerprint density at radius 3 is 2.70 bits per heavy atom. The van der Waals surface area contributed by atoms with Crippen LogP contribution in [-0.2, 0) is 13.1 Å². The van der Waals surface area contributed by atoms with Gasteiger partial charge in [0.25, 0.3) is 5.91 Å². The maximum atomic E-state index is 12.0. The molecule has 4 N–H and O–H groups in total. The predicted molar refractivity (Wildman–Crippen MR) is 86.9 cm³/mol. The molecule has 1 aromatic heterocycles. The zero-order valence-electron chi connectivity index (χ0n) is 13.1. The van der Waals surface area contributed by atoms with Crippen molar-refractivity contribution in [3.63, 3.8) is 0 Å². The van der Waals surface area contributed by atoms with Gasteiger partial charge < -0.3 is 25.7 Å². The molecule has 1 aromatic carbocycles. The Hall–Kier alpha value is -2.80. The number of hydrogen-bond donors (Lipinski definition) is 3. The number of amides is 3. The Balaban J connectivity index is 1.95. The molecule has 0 aliphatic heterocycles. The molecule has 0 aliphatic carbocycles. The van der Waals surface area contributed by atoms with Crippen molar-refractivity contribution in [3.05, 3.63) is 53.5 Å². The van der Waals surface area contributed by atoms with Crippen molar-refractivity contribution in [2.24, 2.45) is 5.73 Å². The van der Waals surface area contributed by atoms with Crippen LogP contribution in [0.15, 0.2) is 41.0 Å². The zero-order chi connectivity index (χ0) is 16.8.